The Morgan fingerprint density at radius 1 is 1.31 bits per heavy atom. The van der Waals surface area contributed by atoms with Crippen molar-refractivity contribution in [3.8, 4) is 5.75 Å². The molecule has 2 heteroatoms. The standard InChI is InChI=1S/C11H15O2/c1-2-5-10-6-3-4-7-11(10)13-9-8-12/h3-4,6-7H,2,5,8-9H2,1H3. The number of benzene rings is 1. The topological polar surface area (TPSA) is 29.1 Å². The number of ether oxygens (including phenoxy) is 1. The van der Waals surface area contributed by atoms with E-state index in [1.54, 1.807) is 0 Å². The van der Waals surface area contributed by atoms with Gasteiger partial charge in [0.1, 0.15) is 19.0 Å². The van der Waals surface area contributed by atoms with Crippen molar-refractivity contribution in [3.05, 3.63) is 29.8 Å². The van der Waals surface area contributed by atoms with Gasteiger partial charge in [0.25, 0.3) is 0 Å². The highest BCUT2D eigenvalue weighted by Gasteiger charge is 2.00. The Balaban J connectivity index is 2.66. The molecule has 0 aromatic heterocycles. The molecule has 0 bridgehead atoms. The normalized spacial score (nSPS) is 10.0. The molecule has 0 saturated carbocycles. The Bertz CT molecular complexity index is 246. The molecule has 1 aromatic carbocycles. The third-order valence-corrected chi connectivity index (χ3v) is 1.83. The second-order valence-corrected chi connectivity index (χ2v) is 2.91. The molecule has 0 aliphatic heterocycles. The smallest absolute Gasteiger partial charge is 0.122 e. The summed E-state index contributed by atoms with van der Waals surface area (Å²) in [5.41, 5.74) is 1.19. The van der Waals surface area contributed by atoms with Crippen molar-refractivity contribution in [1.82, 2.24) is 0 Å². The molecule has 1 aromatic rings. The molecule has 0 atom stereocenters. The summed E-state index contributed by atoms with van der Waals surface area (Å²) in [5.74, 6) is 0.861. The van der Waals surface area contributed by atoms with Crippen molar-refractivity contribution < 1.29 is 9.84 Å². The van der Waals surface area contributed by atoms with Gasteiger partial charge in [-0.1, -0.05) is 31.5 Å². The van der Waals surface area contributed by atoms with Crippen molar-refractivity contribution >= 4 is 0 Å². The van der Waals surface area contributed by atoms with Crippen LogP contribution >= 0.6 is 0 Å². The van der Waals surface area contributed by atoms with E-state index in [2.05, 4.69) is 6.92 Å². The largest absolute Gasteiger partial charge is 0.491 e. The Kier molecular flexibility index (Phi) is 4.33. The third-order valence-electron chi connectivity index (χ3n) is 1.83. The van der Waals surface area contributed by atoms with Gasteiger partial charge in [-0.15, -0.1) is 0 Å². The van der Waals surface area contributed by atoms with Crippen LogP contribution in [-0.4, -0.2) is 13.2 Å². The molecule has 1 radical (unpaired) electrons. The van der Waals surface area contributed by atoms with Crippen LogP contribution in [0, 0.1) is 0 Å². The summed E-state index contributed by atoms with van der Waals surface area (Å²) in [4.78, 5) is 0. The van der Waals surface area contributed by atoms with Crippen LogP contribution in [0.4, 0.5) is 0 Å². The molecule has 0 spiro atoms. The monoisotopic (exact) mass is 179 g/mol. The summed E-state index contributed by atoms with van der Waals surface area (Å²) >= 11 is 0. The predicted octanol–water partition coefficient (Wildman–Crippen LogP) is 2.45. The van der Waals surface area contributed by atoms with E-state index >= 15 is 0 Å². The molecule has 0 fully saturated rings. The van der Waals surface area contributed by atoms with Crippen LogP contribution in [-0.2, 0) is 11.5 Å². The molecule has 0 aliphatic rings. The molecule has 71 valence electrons. The maximum atomic E-state index is 10.2. The Labute approximate surface area is 79.2 Å². The summed E-state index contributed by atoms with van der Waals surface area (Å²) in [6.07, 6.45) is 2.10. The highest BCUT2D eigenvalue weighted by Crippen LogP contribution is 2.19. The minimum Gasteiger partial charge on any atom is -0.491 e. The summed E-state index contributed by atoms with van der Waals surface area (Å²) < 4.78 is 5.33. The molecule has 0 amide bonds. The zero-order valence-electron chi connectivity index (χ0n) is 7.95. The summed E-state index contributed by atoms with van der Waals surface area (Å²) in [6, 6.07) is 7.89. The average molecular weight is 179 g/mol. The number of aryl methyl sites for hydroxylation is 1. The minimum absolute atomic E-state index is 0.180. The molecule has 2 nitrogen and oxygen atoms in total. The summed E-state index contributed by atoms with van der Waals surface area (Å²) in [5, 5.41) is 10.2. The van der Waals surface area contributed by atoms with Gasteiger partial charge in [-0.2, -0.15) is 0 Å². The zero-order chi connectivity index (χ0) is 9.52. The highest BCUT2D eigenvalue weighted by molar-refractivity contribution is 5.33. The van der Waals surface area contributed by atoms with Gasteiger partial charge in [0.15, 0.2) is 0 Å². The molecular weight excluding hydrogens is 164 g/mol. The maximum absolute atomic E-state index is 10.2. The third kappa shape index (κ3) is 3.07. The zero-order valence-corrected chi connectivity index (χ0v) is 7.95. The van der Waals surface area contributed by atoms with Crippen molar-refractivity contribution in [3.63, 3.8) is 0 Å². The summed E-state index contributed by atoms with van der Waals surface area (Å²) in [6.45, 7) is 2.21. The van der Waals surface area contributed by atoms with Crippen molar-refractivity contribution in [1.29, 1.82) is 0 Å². The van der Waals surface area contributed by atoms with Crippen LogP contribution < -0.4 is 4.74 Å². The molecule has 0 saturated heterocycles. The van der Waals surface area contributed by atoms with Crippen LogP contribution in [0.3, 0.4) is 0 Å². The van der Waals surface area contributed by atoms with Crippen LogP contribution in [0.15, 0.2) is 24.3 Å². The second kappa shape index (κ2) is 5.60. The molecule has 13 heavy (non-hydrogen) atoms. The van der Waals surface area contributed by atoms with Gasteiger partial charge in [-0.05, 0) is 18.1 Å². The van der Waals surface area contributed by atoms with E-state index in [1.807, 2.05) is 24.3 Å². The Hall–Kier alpha value is -1.02. The van der Waals surface area contributed by atoms with Crippen LogP contribution in [0.5, 0.6) is 5.75 Å². The lowest BCUT2D eigenvalue weighted by atomic mass is 10.1. The molecule has 0 aliphatic carbocycles. The van der Waals surface area contributed by atoms with Gasteiger partial charge >= 0.3 is 0 Å². The van der Waals surface area contributed by atoms with E-state index < -0.39 is 0 Å². The lowest BCUT2D eigenvalue weighted by molar-refractivity contribution is 0.137. The average Bonchev–Trinajstić information content (AvgIpc) is 2.17. The lowest BCUT2D eigenvalue weighted by Gasteiger charge is -2.08. The second-order valence-electron chi connectivity index (χ2n) is 2.91. The van der Waals surface area contributed by atoms with E-state index in [-0.39, 0.29) is 13.2 Å². The SMILES string of the molecule is CCCc1ccccc1OCC[O]. The number of hydrogen-bond donors (Lipinski definition) is 0. The van der Waals surface area contributed by atoms with Crippen LogP contribution in [0.25, 0.3) is 0 Å². The van der Waals surface area contributed by atoms with E-state index in [4.69, 9.17) is 4.74 Å². The molecule has 1 rings (SSSR count). The lowest BCUT2D eigenvalue weighted by Crippen LogP contribution is -2.02. The Morgan fingerprint density at radius 2 is 2.08 bits per heavy atom. The fourth-order valence-electron chi connectivity index (χ4n) is 1.27. The fourth-order valence-corrected chi connectivity index (χ4v) is 1.27. The van der Waals surface area contributed by atoms with Crippen molar-refractivity contribution in [2.75, 3.05) is 13.2 Å². The van der Waals surface area contributed by atoms with E-state index in [1.165, 1.54) is 5.56 Å². The van der Waals surface area contributed by atoms with Gasteiger partial charge in [0, 0.05) is 0 Å². The van der Waals surface area contributed by atoms with Crippen molar-refractivity contribution in [2.45, 2.75) is 19.8 Å². The van der Waals surface area contributed by atoms with Crippen LogP contribution in [0.1, 0.15) is 18.9 Å². The fraction of sp³-hybridized carbons (Fsp3) is 0.455. The molecular formula is C11H15O2. The highest BCUT2D eigenvalue weighted by atomic mass is 16.5. The maximum Gasteiger partial charge on any atom is 0.122 e. The predicted molar refractivity (Wildman–Crippen MR) is 51.5 cm³/mol. The summed E-state index contributed by atoms with van der Waals surface area (Å²) in [7, 11) is 0. The van der Waals surface area contributed by atoms with E-state index in [0.717, 1.165) is 18.6 Å². The number of hydrogen-bond acceptors (Lipinski definition) is 1. The molecule has 0 N–H and O–H groups in total. The first-order chi connectivity index (χ1) is 6.38. The number of rotatable bonds is 5. The molecule has 0 unspecified atom stereocenters. The first-order valence-corrected chi connectivity index (χ1v) is 4.67. The van der Waals surface area contributed by atoms with Gasteiger partial charge in [0.2, 0.25) is 0 Å². The number of para-hydroxylation sites is 1. The van der Waals surface area contributed by atoms with Gasteiger partial charge < -0.3 is 4.74 Å². The molecule has 0 heterocycles. The van der Waals surface area contributed by atoms with Gasteiger partial charge in [-0.3, -0.25) is 0 Å². The van der Waals surface area contributed by atoms with Gasteiger partial charge in [0.05, 0.1) is 0 Å². The quantitative estimate of drug-likeness (QED) is 0.682. The van der Waals surface area contributed by atoms with E-state index in [9.17, 15) is 5.11 Å². The first kappa shape index (κ1) is 10.1. The van der Waals surface area contributed by atoms with Crippen LogP contribution in [0.2, 0.25) is 0 Å². The van der Waals surface area contributed by atoms with E-state index in [0.29, 0.717) is 0 Å². The first-order valence-electron chi connectivity index (χ1n) is 4.67. The minimum atomic E-state index is -0.180. The van der Waals surface area contributed by atoms with Crippen molar-refractivity contribution in [2.24, 2.45) is 0 Å². The van der Waals surface area contributed by atoms with Gasteiger partial charge in [-0.25, -0.2) is 5.11 Å². The Morgan fingerprint density at radius 3 is 2.77 bits per heavy atom.